The van der Waals surface area contributed by atoms with E-state index in [0.717, 1.165) is 39.0 Å². The molecule has 6 heteroatoms. The molecular weight excluding hydrogens is 436 g/mol. The van der Waals surface area contributed by atoms with Gasteiger partial charge in [0.15, 0.2) is 0 Å². The van der Waals surface area contributed by atoms with Crippen molar-refractivity contribution >= 4 is 22.9 Å². The van der Waals surface area contributed by atoms with Crippen molar-refractivity contribution in [2.24, 2.45) is 5.10 Å². The van der Waals surface area contributed by atoms with Crippen LogP contribution in [0.5, 0.6) is 5.75 Å². The zero-order valence-electron chi connectivity index (χ0n) is 19.3. The molecule has 6 nitrogen and oxygen atoms in total. The fourth-order valence-corrected chi connectivity index (χ4v) is 3.93. The normalized spacial score (nSPS) is 11.1. The number of carbonyl (C=O) groups is 1. The molecule has 172 valence electrons. The molecule has 0 atom stereocenters. The minimum atomic E-state index is -0.299. The summed E-state index contributed by atoms with van der Waals surface area (Å²) in [7, 11) is 0. The number of benzene rings is 4. The molecule has 0 aliphatic rings. The number of aromatic nitrogens is 2. The van der Waals surface area contributed by atoms with Gasteiger partial charge >= 0.3 is 0 Å². The molecule has 1 N–H and O–H groups in total. The van der Waals surface area contributed by atoms with Gasteiger partial charge in [0.05, 0.1) is 18.5 Å². The lowest BCUT2D eigenvalue weighted by Gasteiger charge is -2.06. The zero-order chi connectivity index (χ0) is 24.0. The van der Waals surface area contributed by atoms with E-state index in [1.54, 1.807) is 30.5 Å². The predicted molar refractivity (Wildman–Crippen MR) is 139 cm³/mol. The van der Waals surface area contributed by atoms with Crippen molar-refractivity contribution in [2.45, 2.75) is 6.92 Å². The molecule has 0 spiro atoms. The second-order valence-electron chi connectivity index (χ2n) is 7.90. The molecule has 0 bridgehead atoms. The molecule has 0 saturated carbocycles. The van der Waals surface area contributed by atoms with Crippen LogP contribution in [0.1, 0.15) is 22.8 Å². The Morgan fingerprint density at radius 1 is 0.943 bits per heavy atom. The fourth-order valence-electron chi connectivity index (χ4n) is 3.93. The number of carbonyl (C=O) groups excluding carboxylic acids is 1. The highest BCUT2D eigenvalue weighted by atomic mass is 16.5. The van der Waals surface area contributed by atoms with Gasteiger partial charge in [-0.05, 0) is 42.6 Å². The molecule has 5 rings (SSSR count). The van der Waals surface area contributed by atoms with Crippen LogP contribution in [0.15, 0.2) is 108 Å². The number of hydrogen-bond acceptors (Lipinski definition) is 4. The van der Waals surface area contributed by atoms with E-state index in [2.05, 4.69) is 28.7 Å². The van der Waals surface area contributed by atoms with Crippen LogP contribution in [-0.4, -0.2) is 28.5 Å². The van der Waals surface area contributed by atoms with Crippen LogP contribution in [0.3, 0.4) is 0 Å². The maximum Gasteiger partial charge on any atom is 0.271 e. The molecule has 0 aliphatic carbocycles. The highest BCUT2D eigenvalue weighted by molar-refractivity contribution is 5.96. The van der Waals surface area contributed by atoms with E-state index in [4.69, 9.17) is 9.84 Å². The van der Waals surface area contributed by atoms with E-state index in [0.29, 0.717) is 12.2 Å². The van der Waals surface area contributed by atoms with Gasteiger partial charge in [-0.25, -0.2) is 10.1 Å². The van der Waals surface area contributed by atoms with Gasteiger partial charge in [0.2, 0.25) is 0 Å². The Balaban J connectivity index is 1.45. The highest BCUT2D eigenvalue weighted by Crippen LogP contribution is 2.26. The molecule has 5 aromatic rings. The molecule has 0 aliphatic heterocycles. The monoisotopic (exact) mass is 460 g/mol. The van der Waals surface area contributed by atoms with Crippen molar-refractivity contribution in [1.29, 1.82) is 0 Å². The van der Waals surface area contributed by atoms with Crippen molar-refractivity contribution in [3.63, 3.8) is 0 Å². The van der Waals surface area contributed by atoms with Crippen molar-refractivity contribution in [2.75, 3.05) is 6.61 Å². The minimum absolute atomic E-state index is 0.299. The topological polar surface area (TPSA) is 68.5 Å². The second kappa shape index (κ2) is 10.1. The van der Waals surface area contributed by atoms with Crippen molar-refractivity contribution < 1.29 is 9.53 Å². The van der Waals surface area contributed by atoms with E-state index in [1.165, 1.54) is 0 Å². The van der Waals surface area contributed by atoms with Gasteiger partial charge in [0.1, 0.15) is 11.4 Å². The van der Waals surface area contributed by atoms with Crippen LogP contribution in [0.25, 0.3) is 27.7 Å². The van der Waals surface area contributed by atoms with Gasteiger partial charge < -0.3 is 4.74 Å². The van der Waals surface area contributed by atoms with Gasteiger partial charge in [-0.1, -0.05) is 66.7 Å². The van der Waals surface area contributed by atoms with E-state index in [1.807, 2.05) is 72.4 Å². The van der Waals surface area contributed by atoms with Crippen LogP contribution < -0.4 is 10.2 Å². The first-order valence-corrected chi connectivity index (χ1v) is 11.4. The lowest BCUT2D eigenvalue weighted by molar-refractivity contribution is 0.0955. The Morgan fingerprint density at radius 2 is 1.69 bits per heavy atom. The summed E-state index contributed by atoms with van der Waals surface area (Å²) < 4.78 is 7.29. The van der Waals surface area contributed by atoms with Gasteiger partial charge in [-0.3, -0.25) is 4.79 Å². The quantitative estimate of drug-likeness (QED) is 0.244. The summed E-state index contributed by atoms with van der Waals surface area (Å²) in [6.45, 7) is 2.49. The van der Waals surface area contributed by atoms with Crippen molar-refractivity contribution in [3.05, 3.63) is 114 Å². The highest BCUT2D eigenvalue weighted by Gasteiger charge is 2.13. The Kier molecular flexibility index (Phi) is 6.35. The summed E-state index contributed by atoms with van der Waals surface area (Å²) in [5, 5.41) is 11.3. The molecule has 1 amide bonds. The fraction of sp³-hybridized carbons (Fsp3) is 0.0690. The number of fused-ring (bicyclic) bond motifs is 1. The first kappa shape index (κ1) is 22.1. The maximum absolute atomic E-state index is 12.5. The SMILES string of the molecule is CCOc1ccc(C(=O)N/N=C\c2cn(-c3cccc4ccccc34)nc2-c2ccccc2)cc1. The average molecular weight is 461 g/mol. The first-order valence-electron chi connectivity index (χ1n) is 11.4. The Morgan fingerprint density at radius 3 is 2.49 bits per heavy atom. The Hall–Kier alpha value is -4.71. The molecule has 0 radical (unpaired) electrons. The molecule has 1 heterocycles. The summed E-state index contributed by atoms with van der Waals surface area (Å²) in [6.07, 6.45) is 3.56. The Labute approximate surface area is 203 Å². The Bertz CT molecular complexity index is 1480. The van der Waals surface area contributed by atoms with Crippen LogP contribution in [-0.2, 0) is 0 Å². The standard InChI is InChI=1S/C29H24N4O2/c1-2-35-25-17-15-23(16-18-25)29(34)31-30-19-24-20-33(32-28(24)22-10-4-3-5-11-22)27-14-8-12-21-9-6-7-13-26(21)27/h3-20H,2H2,1H3,(H,31,34)/b30-19-. The molecular formula is C29H24N4O2. The van der Waals surface area contributed by atoms with E-state index in [-0.39, 0.29) is 5.91 Å². The molecule has 4 aromatic carbocycles. The van der Waals surface area contributed by atoms with Crippen LogP contribution in [0.4, 0.5) is 0 Å². The maximum atomic E-state index is 12.5. The molecule has 1 aromatic heterocycles. The summed E-state index contributed by atoms with van der Waals surface area (Å²) in [4.78, 5) is 12.5. The molecule has 35 heavy (non-hydrogen) atoms. The number of nitrogens with one attached hydrogen (secondary N) is 1. The van der Waals surface area contributed by atoms with Crippen LogP contribution in [0, 0.1) is 0 Å². The lowest BCUT2D eigenvalue weighted by Crippen LogP contribution is -2.17. The largest absolute Gasteiger partial charge is 0.494 e. The van der Waals surface area contributed by atoms with E-state index < -0.39 is 0 Å². The lowest BCUT2D eigenvalue weighted by atomic mass is 10.1. The van der Waals surface area contributed by atoms with Gasteiger partial charge in [-0.2, -0.15) is 10.2 Å². The van der Waals surface area contributed by atoms with E-state index >= 15 is 0 Å². The number of ether oxygens (including phenoxy) is 1. The molecule has 0 fully saturated rings. The number of amides is 1. The van der Waals surface area contributed by atoms with Gasteiger partial charge in [-0.15, -0.1) is 0 Å². The predicted octanol–water partition coefficient (Wildman–Crippen LogP) is 5.86. The van der Waals surface area contributed by atoms with Crippen molar-refractivity contribution in [1.82, 2.24) is 15.2 Å². The summed E-state index contributed by atoms with van der Waals surface area (Å²) in [6, 6.07) is 31.2. The molecule has 0 unspecified atom stereocenters. The van der Waals surface area contributed by atoms with Gasteiger partial charge in [0, 0.05) is 28.3 Å². The third-order valence-electron chi connectivity index (χ3n) is 5.60. The zero-order valence-corrected chi connectivity index (χ0v) is 19.3. The van der Waals surface area contributed by atoms with Crippen molar-refractivity contribution in [3.8, 4) is 22.7 Å². The second-order valence-corrected chi connectivity index (χ2v) is 7.90. The molecule has 0 saturated heterocycles. The van der Waals surface area contributed by atoms with E-state index in [9.17, 15) is 4.79 Å². The smallest absolute Gasteiger partial charge is 0.271 e. The third kappa shape index (κ3) is 4.82. The summed E-state index contributed by atoms with van der Waals surface area (Å²) >= 11 is 0. The minimum Gasteiger partial charge on any atom is -0.494 e. The van der Waals surface area contributed by atoms with Crippen LogP contribution in [0.2, 0.25) is 0 Å². The van der Waals surface area contributed by atoms with Gasteiger partial charge in [0.25, 0.3) is 5.91 Å². The van der Waals surface area contributed by atoms with Crippen LogP contribution >= 0.6 is 0 Å². The summed E-state index contributed by atoms with van der Waals surface area (Å²) in [5.74, 6) is 0.424. The first-order chi connectivity index (χ1) is 17.2. The number of rotatable bonds is 7. The average Bonchev–Trinajstić information content (AvgIpc) is 3.33. The number of hydrogen-bond donors (Lipinski definition) is 1. The third-order valence-corrected chi connectivity index (χ3v) is 5.60. The summed E-state index contributed by atoms with van der Waals surface area (Å²) in [5.41, 5.74) is 6.61. The number of hydrazone groups is 1. The number of nitrogens with zero attached hydrogens (tertiary/aromatic N) is 3.